The minimum Gasteiger partial charge on any atom is -0.150 e. The second-order valence-electron chi connectivity index (χ2n) is 12.9. The zero-order valence-corrected chi connectivity index (χ0v) is 31.3. The molecule has 0 aliphatic heterocycles. The molecule has 0 radical (unpaired) electrons. The minimum atomic E-state index is 0. The summed E-state index contributed by atoms with van der Waals surface area (Å²) in [5.41, 5.74) is 6.04. The molecule has 0 saturated heterocycles. The van der Waals surface area contributed by atoms with Crippen LogP contribution in [0.25, 0.3) is 43.4 Å². The molecule has 6 aromatic rings. The van der Waals surface area contributed by atoms with Crippen molar-refractivity contribution in [3.05, 3.63) is 120 Å². The van der Waals surface area contributed by atoms with E-state index in [2.05, 4.69) is 164 Å². The van der Waals surface area contributed by atoms with E-state index in [1.54, 1.807) is 23.3 Å². The van der Waals surface area contributed by atoms with Gasteiger partial charge >= 0.3 is 41.9 Å². The van der Waals surface area contributed by atoms with Crippen LogP contribution < -0.4 is 0 Å². The number of benzene rings is 4. The van der Waals surface area contributed by atoms with E-state index >= 15 is 0 Å². The van der Waals surface area contributed by atoms with Crippen LogP contribution in [0.1, 0.15) is 52.7 Å². The van der Waals surface area contributed by atoms with E-state index in [0.29, 0.717) is 0 Å². The fourth-order valence-electron chi connectivity index (χ4n) is 4.98. The smallest absolute Gasteiger partial charge is 0.0623 e. The summed E-state index contributed by atoms with van der Waals surface area (Å²) in [6.45, 7) is 18.3. The Labute approximate surface area is 280 Å². The number of rotatable bonds is 1. The molecule has 0 aliphatic carbocycles. The molecule has 6 aromatic carbocycles. The van der Waals surface area contributed by atoms with Crippen molar-refractivity contribution in [2.45, 2.75) is 65.5 Å². The SMILES string of the molecule is CC(C)(C)c1ccc2c(c1)[cH-]c1cc(C(C)(C)C)ccc12.C[Si](C)=[Zr+2].Cl.Cl.c1ccc(-c2c[cH-]c3ccccc23)cc1. The van der Waals surface area contributed by atoms with E-state index in [0.717, 1.165) is 0 Å². The molecule has 0 fully saturated rings. The minimum absolute atomic E-state index is 0. The Morgan fingerprint density at radius 2 is 1.02 bits per heavy atom. The van der Waals surface area contributed by atoms with Crippen LogP contribution in [0.15, 0.2) is 109 Å². The Morgan fingerprint density at radius 3 is 1.50 bits per heavy atom. The molecule has 218 valence electrons. The maximum Gasteiger partial charge on any atom is -0.0623 e. The second-order valence-corrected chi connectivity index (χ2v) is 22.3. The third kappa shape index (κ3) is 9.03. The van der Waals surface area contributed by atoms with Crippen LogP contribution in [0.5, 0.6) is 0 Å². The molecule has 0 saturated carbocycles. The third-order valence-corrected chi connectivity index (χ3v) is 7.20. The number of hydrogen-bond donors (Lipinski definition) is 0. The van der Waals surface area contributed by atoms with E-state index in [1.165, 1.54) is 54.6 Å². The Bertz CT molecular complexity index is 1670. The average molecular weight is 691 g/mol. The molecular weight excluding hydrogens is 647 g/mol. The van der Waals surface area contributed by atoms with Crippen LogP contribution in [-0.2, 0) is 34.2 Å². The summed E-state index contributed by atoms with van der Waals surface area (Å²) in [6.07, 6.45) is 0. The van der Waals surface area contributed by atoms with Crippen molar-refractivity contribution in [1.29, 1.82) is 0 Å². The summed E-state index contributed by atoms with van der Waals surface area (Å²) >= 11 is 1.74. The molecule has 0 N–H and O–H groups in total. The molecule has 0 atom stereocenters. The topological polar surface area (TPSA) is 0 Å². The van der Waals surface area contributed by atoms with Gasteiger partial charge in [0.25, 0.3) is 0 Å². The number of hydrogen-bond acceptors (Lipinski definition) is 0. The predicted molar refractivity (Wildman–Crippen MR) is 191 cm³/mol. The Hall–Kier alpha value is -1.96. The molecule has 0 aromatic heterocycles. The van der Waals surface area contributed by atoms with Crippen molar-refractivity contribution in [1.82, 2.24) is 0 Å². The summed E-state index contributed by atoms with van der Waals surface area (Å²) in [7, 11) is 0. The van der Waals surface area contributed by atoms with Crippen molar-refractivity contribution < 1.29 is 23.3 Å². The molecule has 42 heavy (non-hydrogen) atoms. The van der Waals surface area contributed by atoms with Crippen molar-refractivity contribution in [2.24, 2.45) is 0 Å². The van der Waals surface area contributed by atoms with Gasteiger partial charge in [0.2, 0.25) is 0 Å². The van der Waals surface area contributed by atoms with Crippen molar-refractivity contribution in [3.8, 4) is 11.1 Å². The maximum absolute atomic E-state index is 2.35. The van der Waals surface area contributed by atoms with E-state index in [-0.39, 0.29) is 41.1 Å². The monoisotopic (exact) mass is 688 g/mol. The zero-order chi connectivity index (χ0) is 29.1. The first kappa shape index (κ1) is 36.2. The first-order valence-electron chi connectivity index (χ1n) is 14.2. The summed E-state index contributed by atoms with van der Waals surface area (Å²) in [6, 6.07) is 39.6. The average Bonchev–Trinajstić information content (AvgIpc) is 3.49. The molecule has 0 nitrogen and oxygen atoms in total. The maximum atomic E-state index is 2.35. The Morgan fingerprint density at radius 1 is 0.571 bits per heavy atom. The van der Waals surface area contributed by atoms with Crippen molar-refractivity contribution in [3.63, 3.8) is 0 Å². The Balaban J connectivity index is 0.000000259. The van der Waals surface area contributed by atoms with Crippen LogP contribution in [0, 0.1) is 0 Å². The van der Waals surface area contributed by atoms with E-state index in [1.807, 2.05) is 0 Å². The van der Waals surface area contributed by atoms with Gasteiger partial charge in [0.1, 0.15) is 0 Å². The Kier molecular flexibility index (Phi) is 13.1. The third-order valence-electron chi connectivity index (χ3n) is 7.20. The quantitative estimate of drug-likeness (QED) is 0.119. The first-order valence-corrected chi connectivity index (χ1v) is 20.4. The van der Waals surface area contributed by atoms with E-state index in [4.69, 9.17) is 0 Å². The van der Waals surface area contributed by atoms with Gasteiger partial charge in [0, 0.05) is 0 Å². The normalized spacial score (nSPS) is 11.1. The molecule has 0 heterocycles. The van der Waals surface area contributed by atoms with Gasteiger partial charge in [-0.25, -0.2) is 0 Å². The fraction of sp³-hybridized carbons (Fsp3) is 0.263. The van der Waals surface area contributed by atoms with Gasteiger partial charge in [-0.3, -0.25) is 0 Å². The molecule has 6 rings (SSSR count). The molecule has 0 amide bonds. The van der Waals surface area contributed by atoms with E-state index < -0.39 is 0 Å². The number of halogens is 2. The van der Waals surface area contributed by atoms with Crippen LogP contribution in [0.4, 0.5) is 0 Å². The van der Waals surface area contributed by atoms with Gasteiger partial charge in [-0.1, -0.05) is 119 Å². The van der Waals surface area contributed by atoms with Crippen LogP contribution in [-0.4, -0.2) is 5.43 Å². The second kappa shape index (κ2) is 15.2. The number of fused-ring (bicyclic) bond motifs is 4. The van der Waals surface area contributed by atoms with Crippen LogP contribution >= 0.6 is 24.8 Å². The summed E-state index contributed by atoms with van der Waals surface area (Å²) in [5.74, 6) is 0. The van der Waals surface area contributed by atoms with E-state index in [9.17, 15) is 0 Å². The fourth-order valence-corrected chi connectivity index (χ4v) is 4.98. The van der Waals surface area contributed by atoms with Gasteiger partial charge in [-0.05, 0) is 10.8 Å². The van der Waals surface area contributed by atoms with Crippen LogP contribution in [0.3, 0.4) is 0 Å². The van der Waals surface area contributed by atoms with Gasteiger partial charge in [-0.15, -0.1) is 111 Å². The summed E-state index contributed by atoms with van der Waals surface area (Å²) < 4.78 is 0. The molecule has 0 aliphatic rings. The van der Waals surface area contributed by atoms with Crippen molar-refractivity contribution in [2.75, 3.05) is 0 Å². The molecule has 0 spiro atoms. The molecule has 0 bridgehead atoms. The summed E-state index contributed by atoms with van der Waals surface area (Å²) in [5, 5.41) is 8.13. The molecule has 4 heteroatoms. The van der Waals surface area contributed by atoms with Gasteiger partial charge < -0.3 is 0 Å². The predicted octanol–water partition coefficient (Wildman–Crippen LogP) is 12.2. The zero-order valence-electron chi connectivity index (χ0n) is 26.2. The summed E-state index contributed by atoms with van der Waals surface area (Å²) in [4.78, 5) is 0. The van der Waals surface area contributed by atoms with Crippen molar-refractivity contribution >= 4 is 62.6 Å². The molecule has 0 unspecified atom stereocenters. The largest absolute Gasteiger partial charge is 0.150 e. The van der Waals surface area contributed by atoms with Crippen LogP contribution in [0.2, 0.25) is 13.1 Å². The molecular formula is C38H44Cl2SiZr. The first-order chi connectivity index (χ1) is 18.8. The van der Waals surface area contributed by atoms with Gasteiger partial charge in [0.05, 0.1) is 0 Å². The standard InChI is InChI=1S/C21H25.C15H11.C2H6Si.2ClH.Zr/c1-20(2,3)16-7-9-18-14(12-16)11-15-13-17(21(4,5)6)8-10-19(15)18;1-2-6-12(7-3-1)15-11-10-13-8-4-5-9-14(13)15;1-3-2;;;/h7-13H,1-6H3;1-11H;1-2H3;2*1H;/q2*-1;;;;+2. The van der Waals surface area contributed by atoms with Gasteiger partial charge in [-0.2, -0.15) is 0 Å². The van der Waals surface area contributed by atoms with Gasteiger partial charge in [0.15, 0.2) is 0 Å².